The quantitative estimate of drug-likeness (QED) is 0.639. The van der Waals surface area contributed by atoms with Gasteiger partial charge in [-0.2, -0.15) is 5.26 Å². The number of rotatable bonds is 4. The fraction of sp³-hybridized carbons (Fsp3) is 0.571. The van der Waals surface area contributed by atoms with E-state index in [1.165, 1.54) is 5.54 Å². The smallest absolute Gasteiger partial charge is 0.0869 e. The molecule has 0 spiro atoms. The summed E-state index contributed by atoms with van der Waals surface area (Å²) in [5.41, 5.74) is 1.32. The van der Waals surface area contributed by atoms with Crippen molar-refractivity contribution in [2.75, 3.05) is 19.6 Å². The second-order valence-electron chi connectivity index (χ2n) is 2.02. The van der Waals surface area contributed by atoms with E-state index >= 15 is 0 Å². The zero-order chi connectivity index (χ0) is 8.69. The number of nitriles is 1. The highest BCUT2D eigenvalue weighted by Gasteiger charge is 2.01. The van der Waals surface area contributed by atoms with Crippen LogP contribution < -0.4 is 0 Å². The fourth-order valence-corrected chi connectivity index (χ4v) is 0.866. The number of nitrogens with zero attached hydrogens (tertiary/aromatic N) is 2. The molecule has 0 aliphatic heterocycles. The molecule has 11 heavy (non-hydrogen) atoms. The van der Waals surface area contributed by atoms with E-state index in [4.69, 9.17) is 28.5 Å². The van der Waals surface area contributed by atoms with Crippen LogP contribution in [-0.4, -0.2) is 24.5 Å². The molecule has 0 saturated heterocycles. The maximum atomic E-state index is 8.37. The van der Waals surface area contributed by atoms with E-state index in [0.717, 1.165) is 6.54 Å². The third-order valence-corrected chi connectivity index (χ3v) is 1.84. The first-order chi connectivity index (χ1) is 5.24. The van der Waals surface area contributed by atoms with E-state index in [2.05, 4.69) is 0 Å². The molecule has 0 saturated carbocycles. The molecule has 0 N–H and O–H groups in total. The second-order valence-corrected chi connectivity index (χ2v) is 2.72. The van der Waals surface area contributed by atoms with Crippen LogP contribution in [0.25, 0.3) is 0 Å². The lowest BCUT2D eigenvalue weighted by molar-refractivity contribution is 0.356. The van der Waals surface area contributed by atoms with Crippen LogP contribution in [0.2, 0.25) is 0 Å². The van der Waals surface area contributed by atoms with Gasteiger partial charge in [0.25, 0.3) is 0 Å². The van der Waals surface area contributed by atoms with Crippen molar-refractivity contribution in [3.8, 4) is 6.07 Å². The normalized spacial score (nSPS) is 11.7. The van der Waals surface area contributed by atoms with Crippen molar-refractivity contribution < 1.29 is 0 Å². The molecule has 0 bridgehead atoms. The molecule has 0 unspecified atom stereocenters. The third-order valence-electron chi connectivity index (χ3n) is 1.23. The summed E-state index contributed by atoms with van der Waals surface area (Å²) >= 11 is 11.0. The van der Waals surface area contributed by atoms with Crippen LogP contribution in [0.1, 0.15) is 6.92 Å². The van der Waals surface area contributed by atoms with E-state index in [1.54, 1.807) is 0 Å². The molecule has 0 fully saturated rings. The molecule has 62 valence electrons. The zero-order valence-corrected chi connectivity index (χ0v) is 7.86. The van der Waals surface area contributed by atoms with Gasteiger partial charge in [-0.3, -0.25) is 4.90 Å². The summed E-state index contributed by atoms with van der Waals surface area (Å²) in [7, 11) is 0. The molecule has 0 aromatic carbocycles. The van der Waals surface area contributed by atoms with Crippen molar-refractivity contribution in [1.82, 2.24) is 4.90 Å². The highest BCUT2D eigenvalue weighted by molar-refractivity contribution is 6.36. The van der Waals surface area contributed by atoms with Gasteiger partial charge in [-0.05, 0) is 6.54 Å². The van der Waals surface area contributed by atoms with Gasteiger partial charge in [0.15, 0.2) is 0 Å². The summed E-state index contributed by atoms with van der Waals surface area (Å²) in [6.45, 7) is 3.71. The summed E-state index contributed by atoms with van der Waals surface area (Å²) in [6, 6.07) is 2.05. The minimum absolute atomic E-state index is 0.386. The molecule has 2 nitrogen and oxygen atoms in total. The van der Waals surface area contributed by atoms with Crippen molar-refractivity contribution in [2.45, 2.75) is 6.92 Å². The van der Waals surface area contributed by atoms with Crippen LogP contribution in [0.3, 0.4) is 0 Å². The Morgan fingerprint density at radius 2 is 2.36 bits per heavy atom. The van der Waals surface area contributed by atoms with E-state index in [0.29, 0.717) is 18.1 Å². The van der Waals surface area contributed by atoms with Crippen LogP contribution >= 0.6 is 23.2 Å². The monoisotopic (exact) mass is 192 g/mol. The van der Waals surface area contributed by atoms with Crippen LogP contribution in [-0.2, 0) is 0 Å². The Kier molecular flexibility index (Phi) is 6.34. The highest BCUT2D eigenvalue weighted by Crippen LogP contribution is 2.05. The summed E-state index contributed by atoms with van der Waals surface area (Å²) < 4.78 is 0. The Hall–Kier alpha value is -0.230. The second kappa shape index (κ2) is 6.48. The molecule has 0 atom stereocenters. The lowest BCUT2D eigenvalue weighted by Crippen LogP contribution is -2.24. The predicted octanol–water partition coefficient (Wildman–Crippen LogP) is 2.15. The lowest BCUT2D eigenvalue weighted by atomic mass is 10.4. The van der Waals surface area contributed by atoms with Crippen molar-refractivity contribution in [3.05, 3.63) is 10.6 Å². The number of likely N-dealkylation sites (N-methyl/N-ethyl adjacent to an activating group) is 1. The first-order valence-corrected chi connectivity index (χ1v) is 4.10. The van der Waals surface area contributed by atoms with Crippen LogP contribution in [0, 0.1) is 11.3 Å². The largest absolute Gasteiger partial charge is 0.286 e. The molecule has 0 amide bonds. The average Bonchev–Trinajstić information content (AvgIpc) is 2.03. The van der Waals surface area contributed by atoms with Crippen molar-refractivity contribution >= 4 is 23.2 Å². The molecule has 0 aliphatic carbocycles. The van der Waals surface area contributed by atoms with Gasteiger partial charge in [-0.25, -0.2) is 0 Å². The standard InChI is InChI=1S/C7H10Cl2N2/c1-2-11(4-3-10)6-7(9)5-8/h5H,2,4,6H2,1H3. The topological polar surface area (TPSA) is 27.0 Å². The first-order valence-electron chi connectivity index (χ1n) is 3.28. The van der Waals surface area contributed by atoms with E-state index in [-0.39, 0.29) is 0 Å². The third kappa shape index (κ3) is 5.09. The van der Waals surface area contributed by atoms with Gasteiger partial charge < -0.3 is 0 Å². The van der Waals surface area contributed by atoms with Gasteiger partial charge in [0.1, 0.15) is 0 Å². The van der Waals surface area contributed by atoms with Crippen molar-refractivity contribution in [3.63, 3.8) is 0 Å². The molecule has 0 radical (unpaired) electrons. The molecule has 0 rings (SSSR count). The molecular weight excluding hydrogens is 183 g/mol. The molecule has 0 heterocycles. The average molecular weight is 193 g/mol. The van der Waals surface area contributed by atoms with Crippen LogP contribution in [0.5, 0.6) is 0 Å². The minimum atomic E-state index is 0.386. The Morgan fingerprint density at radius 1 is 1.73 bits per heavy atom. The molecule has 4 heteroatoms. The van der Waals surface area contributed by atoms with Gasteiger partial charge >= 0.3 is 0 Å². The summed E-state index contributed by atoms with van der Waals surface area (Å²) in [5, 5.41) is 8.93. The minimum Gasteiger partial charge on any atom is -0.286 e. The first kappa shape index (κ1) is 10.8. The predicted molar refractivity (Wildman–Crippen MR) is 47.5 cm³/mol. The Labute approximate surface area is 77.0 Å². The SMILES string of the molecule is CCN(CC#N)CC(Cl)=CCl. The number of hydrogen-bond donors (Lipinski definition) is 0. The molecular formula is C7H10Cl2N2. The molecule has 0 aromatic heterocycles. The summed E-state index contributed by atoms with van der Waals surface area (Å²) in [6.07, 6.45) is 0. The molecule has 0 aromatic rings. The van der Waals surface area contributed by atoms with Gasteiger partial charge in [0.05, 0.1) is 12.6 Å². The molecule has 0 aliphatic rings. The maximum Gasteiger partial charge on any atom is 0.0869 e. The fourth-order valence-electron chi connectivity index (χ4n) is 0.628. The van der Waals surface area contributed by atoms with Gasteiger partial charge in [-0.15, -0.1) is 0 Å². The van der Waals surface area contributed by atoms with Gasteiger partial charge in [0.2, 0.25) is 0 Å². The van der Waals surface area contributed by atoms with Crippen molar-refractivity contribution in [1.29, 1.82) is 5.26 Å². The van der Waals surface area contributed by atoms with Gasteiger partial charge in [0, 0.05) is 17.1 Å². The Balaban J connectivity index is 3.79. The van der Waals surface area contributed by atoms with E-state index in [1.807, 2.05) is 17.9 Å². The Morgan fingerprint density at radius 3 is 2.73 bits per heavy atom. The van der Waals surface area contributed by atoms with Gasteiger partial charge in [-0.1, -0.05) is 30.1 Å². The summed E-state index contributed by atoms with van der Waals surface area (Å²) in [5.74, 6) is 0. The van der Waals surface area contributed by atoms with E-state index < -0.39 is 0 Å². The number of halogens is 2. The summed E-state index contributed by atoms with van der Waals surface area (Å²) in [4.78, 5) is 1.89. The zero-order valence-electron chi connectivity index (χ0n) is 6.35. The lowest BCUT2D eigenvalue weighted by Gasteiger charge is -2.14. The van der Waals surface area contributed by atoms with Crippen LogP contribution in [0.4, 0.5) is 0 Å². The van der Waals surface area contributed by atoms with Crippen LogP contribution in [0.15, 0.2) is 10.6 Å². The number of hydrogen-bond acceptors (Lipinski definition) is 2. The highest BCUT2D eigenvalue weighted by atomic mass is 35.5. The maximum absolute atomic E-state index is 8.37. The van der Waals surface area contributed by atoms with Crippen molar-refractivity contribution in [2.24, 2.45) is 0 Å². The van der Waals surface area contributed by atoms with E-state index in [9.17, 15) is 0 Å². The Bertz CT molecular complexity index is 172.